The lowest BCUT2D eigenvalue weighted by atomic mass is 10.1. The Labute approximate surface area is 55.1 Å². The largest absolute Gasteiger partial charge is 0.387 e. The summed E-state index contributed by atoms with van der Waals surface area (Å²) in [4.78, 5) is 3.91. The summed E-state index contributed by atoms with van der Waals surface area (Å²) >= 11 is 0. The van der Waals surface area contributed by atoms with E-state index in [-0.39, 0.29) is 5.41 Å². The van der Waals surface area contributed by atoms with E-state index in [1.165, 1.54) is 0 Å². The van der Waals surface area contributed by atoms with Crippen molar-refractivity contribution in [1.29, 1.82) is 0 Å². The number of aliphatic imine (C=N–C) groups is 1. The SMILES string of the molecule is CN=C(N)C1(CN)CC1. The smallest absolute Gasteiger partial charge is 0.101 e. The van der Waals surface area contributed by atoms with Crippen molar-refractivity contribution in [2.24, 2.45) is 21.9 Å². The molecule has 0 radical (unpaired) electrons. The fraction of sp³-hybridized carbons (Fsp3) is 0.833. The van der Waals surface area contributed by atoms with Gasteiger partial charge in [0.05, 0.1) is 0 Å². The van der Waals surface area contributed by atoms with E-state index in [1.807, 2.05) is 0 Å². The second kappa shape index (κ2) is 1.99. The minimum Gasteiger partial charge on any atom is -0.387 e. The zero-order valence-corrected chi connectivity index (χ0v) is 5.72. The van der Waals surface area contributed by atoms with Crippen LogP contribution in [0.2, 0.25) is 0 Å². The van der Waals surface area contributed by atoms with Crippen molar-refractivity contribution in [2.75, 3.05) is 13.6 Å². The molecule has 1 aliphatic carbocycles. The number of amidine groups is 1. The van der Waals surface area contributed by atoms with Crippen LogP contribution in [0.1, 0.15) is 12.8 Å². The van der Waals surface area contributed by atoms with Crippen LogP contribution in [0.25, 0.3) is 0 Å². The first-order valence-electron chi connectivity index (χ1n) is 3.18. The van der Waals surface area contributed by atoms with Gasteiger partial charge in [-0.15, -0.1) is 0 Å². The van der Waals surface area contributed by atoms with Gasteiger partial charge in [-0.2, -0.15) is 0 Å². The van der Waals surface area contributed by atoms with Gasteiger partial charge in [-0.25, -0.2) is 0 Å². The third-order valence-electron chi connectivity index (χ3n) is 2.03. The molecule has 0 bridgehead atoms. The summed E-state index contributed by atoms with van der Waals surface area (Å²) in [5.41, 5.74) is 11.2. The van der Waals surface area contributed by atoms with Crippen molar-refractivity contribution in [2.45, 2.75) is 12.8 Å². The van der Waals surface area contributed by atoms with Gasteiger partial charge in [0.25, 0.3) is 0 Å². The molecular weight excluding hydrogens is 114 g/mol. The summed E-state index contributed by atoms with van der Waals surface area (Å²) < 4.78 is 0. The Bertz CT molecular complexity index is 135. The molecule has 0 aromatic rings. The predicted molar refractivity (Wildman–Crippen MR) is 38.3 cm³/mol. The van der Waals surface area contributed by atoms with Gasteiger partial charge in [0, 0.05) is 19.0 Å². The molecule has 0 aromatic heterocycles. The zero-order chi connectivity index (χ0) is 6.91. The van der Waals surface area contributed by atoms with E-state index in [1.54, 1.807) is 7.05 Å². The molecule has 1 fully saturated rings. The van der Waals surface area contributed by atoms with Gasteiger partial charge in [0.2, 0.25) is 0 Å². The highest BCUT2D eigenvalue weighted by Crippen LogP contribution is 2.44. The van der Waals surface area contributed by atoms with E-state index in [0.29, 0.717) is 6.54 Å². The van der Waals surface area contributed by atoms with Crippen LogP contribution >= 0.6 is 0 Å². The van der Waals surface area contributed by atoms with E-state index in [2.05, 4.69) is 4.99 Å². The number of hydrogen-bond acceptors (Lipinski definition) is 2. The maximum absolute atomic E-state index is 5.59. The third-order valence-corrected chi connectivity index (χ3v) is 2.03. The molecule has 0 aromatic carbocycles. The molecule has 9 heavy (non-hydrogen) atoms. The summed E-state index contributed by atoms with van der Waals surface area (Å²) in [5, 5.41) is 0. The Hall–Kier alpha value is -0.570. The summed E-state index contributed by atoms with van der Waals surface area (Å²) in [6.45, 7) is 0.649. The van der Waals surface area contributed by atoms with Crippen molar-refractivity contribution >= 4 is 5.84 Å². The molecule has 3 heteroatoms. The molecule has 0 saturated heterocycles. The van der Waals surface area contributed by atoms with Gasteiger partial charge in [0.1, 0.15) is 5.84 Å². The van der Waals surface area contributed by atoms with E-state index >= 15 is 0 Å². The molecule has 0 spiro atoms. The maximum Gasteiger partial charge on any atom is 0.101 e. The zero-order valence-electron chi connectivity index (χ0n) is 5.72. The molecule has 1 aliphatic rings. The molecule has 0 unspecified atom stereocenters. The van der Waals surface area contributed by atoms with Crippen LogP contribution in [0.4, 0.5) is 0 Å². The van der Waals surface area contributed by atoms with Crippen molar-refractivity contribution in [3.8, 4) is 0 Å². The van der Waals surface area contributed by atoms with Gasteiger partial charge in [-0.1, -0.05) is 0 Å². The Kier molecular flexibility index (Phi) is 1.45. The lowest BCUT2D eigenvalue weighted by Gasteiger charge is -2.09. The first-order chi connectivity index (χ1) is 4.25. The Balaban J connectivity index is 2.60. The predicted octanol–water partition coefficient (Wildman–Crippen LogP) is -0.288. The van der Waals surface area contributed by atoms with Gasteiger partial charge in [-0.3, -0.25) is 4.99 Å². The number of rotatable bonds is 2. The number of hydrogen-bond donors (Lipinski definition) is 2. The maximum atomic E-state index is 5.59. The van der Waals surface area contributed by atoms with Crippen LogP contribution in [0, 0.1) is 5.41 Å². The van der Waals surface area contributed by atoms with Gasteiger partial charge >= 0.3 is 0 Å². The second-order valence-electron chi connectivity index (χ2n) is 2.59. The fourth-order valence-corrected chi connectivity index (χ4v) is 0.953. The van der Waals surface area contributed by atoms with Crippen LogP contribution in [0.15, 0.2) is 4.99 Å². The minimum absolute atomic E-state index is 0.106. The standard InChI is InChI=1S/C6H13N3/c1-9-5(8)6(4-7)2-3-6/h2-4,7H2,1H3,(H2,8,9). The summed E-state index contributed by atoms with van der Waals surface area (Å²) in [6.07, 6.45) is 2.24. The molecule has 1 saturated carbocycles. The molecule has 52 valence electrons. The molecule has 0 amide bonds. The van der Waals surface area contributed by atoms with Gasteiger partial charge in [0.15, 0.2) is 0 Å². The van der Waals surface area contributed by atoms with Crippen molar-refractivity contribution < 1.29 is 0 Å². The van der Waals surface area contributed by atoms with E-state index < -0.39 is 0 Å². The van der Waals surface area contributed by atoms with E-state index in [9.17, 15) is 0 Å². The van der Waals surface area contributed by atoms with Gasteiger partial charge in [-0.05, 0) is 12.8 Å². The normalized spacial score (nSPS) is 24.0. The topological polar surface area (TPSA) is 64.4 Å². The van der Waals surface area contributed by atoms with Crippen molar-refractivity contribution in [3.63, 3.8) is 0 Å². The summed E-state index contributed by atoms with van der Waals surface area (Å²) in [5.74, 6) is 0.727. The number of nitrogens with two attached hydrogens (primary N) is 2. The number of nitrogens with zero attached hydrogens (tertiary/aromatic N) is 1. The quantitative estimate of drug-likeness (QED) is 0.395. The fourth-order valence-electron chi connectivity index (χ4n) is 0.953. The van der Waals surface area contributed by atoms with Crippen molar-refractivity contribution in [1.82, 2.24) is 0 Å². The van der Waals surface area contributed by atoms with Crippen LogP contribution in [-0.2, 0) is 0 Å². The van der Waals surface area contributed by atoms with Crippen LogP contribution < -0.4 is 11.5 Å². The summed E-state index contributed by atoms with van der Waals surface area (Å²) in [7, 11) is 1.71. The molecule has 4 N–H and O–H groups in total. The first-order valence-corrected chi connectivity index (χ1v) is 3.18. The molecule has 0 atom stereocenters. The highest BCUT2D eigenvalue weighted by Gasteiger charge is 2.44. The molecule has 1 rings (SSSR count). The highest BCUT2D eigenvalue weighted by molar-refractivity contribution is 5.89. The van der Waals surface area contributed by atoms with Crippen molar-refractivity contribution in [3.05, 3.63) is 0 Å². The van der Waals surface area contributed by atoms with Crippen LogP contribution in [0.5, 0.6) is 0 Å². The molecule has 3 nitrogen and oxygen atoms in total. The minimum atomic E-state index is 0.106. The second-order valence-corrected chi connectivity index (χ2v) is 2.59. The lowest BCUT2D eigenvalue weighted by Crippen LogP contribution is -2.31. The summed E-state index contributed by atoms with van der Waals surface area (Å²) in [6, 6.07) is 0. The third kappa shape index (κ3) is 0.920. The molecule has 0 aliphatic heterocycles. The first kappa shape index (κ1) is 6.55. The van der Waals surface area contributed by atoms with Gasteiger partial charge < -0.3 is 11.5 Å². The van der Waals surface area contributed by atoms with Crippen LogP contribution in [-0.4, -0.2) is 19.4 Å². The molecular formula is C6H13N3. The lowest BCUT2D eigenvalue weighted by molar-refractivity contribution is 0.703. The average molecular weight is 127 g/mol. The van der Waals surface area contributed by atoms with E-state index in [4.69, 9.17) is 11.5 Å². The Morgan fingerprint density at radius 1 is 1.67 bits per heavy atom. The Morgan fingerprint density at radius 2 is 2.22 bits per heavy atom. The van der Waals surface area contributed by atoms with Crippen LogP contribution in [0.3, 0.4) is 0 Å². The Morgan fingerprint density at radius 3 is 2.33 bits per heavy atom. The molecule has 0 heterocycles. The monoisotopic (exact) mass is 127 g/mol. The van der Waals surface area contributed by atoms with E-state index in [0.717, 1.165) is 18.7 Å². The average Bonchev–Trinajstić information content (AvgIpc) is 2.66. The highest BCUT2D eigenvalue weighted by atomic mass is 14.9.